The molecule has 102 valence electrons. The first kappa shape index (κ1) is 13.8. The maximum absolute atomic E-state index is 5.59. The van der Waals surface area contributed by atoms with E-state index in [-0.39, 0.29) is 0 Å². The number of para-hydroxylation sites is 2. The average molecular weight is 280 g/mol. The Kier molecular flexibility index (Phi) is 5.17. The molecule has 0 spiro atoms. The van der Waals surface area contributed by atoms with Crippen LogP contribution in [0.15, 0.2) is 29.4 Å². The number of methoxy groups -OCH3 is 1. The average Bonchev–Trinajstić information content (AvgIpc) is 2.88. The fourth-order valence-corrected chi connectivity index (χ4v) is 2.33. The van der Waals surface area contributed by atoms with Gasteiger partial charge in [0.05, 0.1) is 13.2 Å². The van der Waals surface area contributed by atoms with E-state index < -0.39 is 0 Å². The lowest BCUT2D eigenvalue weighted by molar-refractivity contribution is 0.218. The molecule has 1 heterocycles. The number of tetrazole rings is 1. The minimum atomic E-state index is 0.602. The molecule has 0 atom stereocenters. The van der Waals surface area contributed by atoms with E-state index in [4.69, 9.17) is 9.47 Å². The van der Waals surface area contributed by atoms with Gasteiger partial charge in [-0.05, 0) is 29.5 Å². The molecule has 0 saturated carbocycles. The zero-order valence-electron chi connectivity index (χ0n) is 10.9. The molecule has 0 radical (unpaired) electrons. The van der Waals surface area contributed by atoms with Gasteiger partial charge in [-0.2, -0.15) is 4.68 Å². The Bertz CT molecular complexity index is 518. The lowest BCUT2D eigenvalue weighted by atomic mass is 10.3. The van der Waals surface area contributed by atoms with Crippen molar-refractivity contribution in [1.29, 1.82) is 0 Å². The molecule has 0 aliphatic heterocycles. The van der Waals surface area contributed by atoms with Crippen molar-refractivity contribution >= 4 is 11.8 Å². The smallest absolute Gasteiger partial charge is 0.214 e. The van der Waals surface area contributed by atoms with E-state index in [1.54, 1.807) is 23.6 Å². The molecule has 2 rings (SSSR count). The van der Waals surface area contributed by atoms with Crippen LogP contribution in [0.25, 0.3) is 5.69 Å². The largest absolute Gasteiger partial charge is 0.492 e. The highest BCUT2D eigenvalue weighted by molar-refractivity contribution is 7.99. The number of rotatable bonds is 7. The van der Waals surface area contributed by atoms with Gasteiger partial charge in [0.15, 0.2) is 0 Å². The summed E-state index contributed by atoms with van der Waals surface area (Å²) in [5, 5.41) is 12.5. The van der Waals surface area contributed by atoms with E-state index >= 15 is 0 Å². The van der Waals surface area contributed by atoms with Crippen molar-refractivity contribution in [2.24, 2.45) is 0 Å². The first-order chi connectivity index (χ1) is 9.36. The van der Waals surface area contributed by atoms with Crippen molar-refractivity contribution < 1.29 is 9.47 Å². The third-order valence-corrected chi connectivity index (χ3v) is 3.24. The lowest BCUT2D eigenvalue weighted by Gasteiger charge is -2.10. The molecule has 19 heavy (non-hydrogen) atoms. The van der Waals surface area contributed by atoms with Crippen molar-refractivity contribution in [3.63, 3.8) is 0 Å². The predicted octanol–water partition coefficient (Wildman–Crippen LogP) is 1.80. The normalized spacial score (nSPS) is 10.6. The number of nitrogens with zero attached hydrogens (tertiary/aromatic N) is 4. The third-order valence-electron chi connectivity index (χ3n) is 2.35. The van der Waals surface area contributed by atoms with Crippen molar-refractivity contribution in [2.75, 3.05) is 26.1 Å². The van der Waals surface area contributed by atoms with Crippen LogP contribution in [-0.2, 0) is 4.74 Å². The van der Waals surface area contributed by atoms with Gasteiger partial charge in [0.2, 0.25) is 5.16 Å². The Morgan fingerprint density at radius 3 is 2.95 bits per heavy atom. The molecular weight excluding hydrogens is 264 g/mol. The van der Waals surface area contributed by atoms with Gasteiger partial charge in [0.25, 0.3) is 0 Å². The zero-order valence-corrected chi connectivity index (χ0v) is 11.8. The molecule has 0 fully saturated rings. The summed E-state index contributed by atoms with van der Waals surface area (Å²) in [4.78, 5) is 0. The van der Waals surface area contributed by atoms with E-state index in [1.807, 2.05) is 31.2 Å². The molecule has 2 aromatic rings. The van der Waals surface area contributed by atoms with Gasteiger partial charge in [-0.1, -0.05) is 23.9 Å². The second-order valence-corrected chi connectivity index (χ2v) is 4.68. The van der Waals surface area contributed by atoms with Crippen LogP contribution in [0.4, 0.5) is 0 Å². The standard InChI is InChI=1S/C12H16N4O2S/c1-3-18-11-7-5-4-6-10(11)16-12(13-14-15-16)19-9-8-17-2/h4-7H,3,8-9H2,1-2H3. The molecule has 1 aromatic heterocycles. The Hall–Kier alpha value is -1.60. The molecular formula is C12H16N4O2S. The molecule has 0 saturated heterocycles. The van der Waals surface area contributed by atoms with Crippen LogP contribution in [0.1, 0.15) is 6.92 Å². The number of aromatic nitrogens is 4. The number of hydrogen-bond donors (Lipinski definition) is 0. The molecule has 7 heteroatoms. The molecule has 0 N–H and O–H groups in total. The topological polar surface area (TPSA) is 62.1 Å². The summed E-state index contributed by atoms with van der Waals surface area (Å²) in [6.07, 6.45) is 0. The summed E-state index contributed by atoms with van der Waals surface area (Å²) >= 11 is 1.55. The van der Waals surface area contributed by atoms with Gasteiger partial charge >= 0.3 is 0 Å². The van der Waals surface area contributed by atoms with E-state index in [0.717, 1.165) is 22.3 Å². The minimum Gasteiger partial charge on any atom is -0.492 e. The number of thioether (sulfide) groups is 1. The van der Waals surface area contributed by atoms with Gasteiger partial charge in [0.1, 0.15) is 11.4 Å². The number of benzene rings is 1. The fraction of sp³-hybridized carbons (Fsp3) is 0.417. The summed E-state index contributed by atoms with van der Waals surface area (Å²) in [7, 11) is 1.67. The van der Waals surface area contributed by atoms with Crippen molar-refractivity contribution in [3.8, 4) is 11.4 Å². The summed E-state index contributed by atoms with van der Waals surface area (Å²) in [6, 6.07) is 7.70. The highest BCUT2D eigenvalue weighted by atomic mass is 32.2. The second kappa shape index (κ2) is 7.10. The highest BCUT2D eigenvalue weighted by Crippen LogP contribution is 2.25. The first-order valence-corrected chi connectivity index (χ1v) is 6.97. The molecule has 0 amide bonds. The van der Waals surface area contributed by atoms with Crippen LogP contribution in [0.3, 0.4) is 0 Å². The van der Waals surface area contributed by atoms with Gasteiger partial charge in [-0.25, -0.2) is 0 Å². The fourth-order valence-electron chi connectivity index (χ4n) is 1.55. The van der Waals surface area contributed by atoms with Crippen LogP contribution in [-0.4, -0.2) is 46.3 Å². The summed E-state index contributed by atoms with van der Waals surface area (Å²) in [5.41, 5.74) is 0.842. The molecule has 0 unspecified atom stereocenters. The highest BCUT2D eigenvalue weighted by Gasteiger charge is 2.12. The summed E-state index contributed by atoms with van der Waals surface area (Å²) in [6.45, 7) is 3.21. The van der Waals surface area contributed by atoms with Crippen LogP contribution >= 0.6 is 11.8 Å². The molecule has 1 aromatic carbocycles. The van der Waals surface area contributed by atoms with Crippen LogP contribution < -0.4 is 4.74 Å². The Labute approximate surface area is 116 Å². The van der Waals surface area contributed by atoms with Gasteiger partial charge < -0.3 is 9.47 Å². The Morgan fingerprint density at radius 1 is 1.32 bits per heavy atom. The predicted molar refractivity (Wildman–Crippen MR) is 72.9 cm³/mol. The maximum Gasteiger partial charge on any atom is 0.214 e. The third kappa shape index (κ3) is 3.45. The first-order valence-electron chi connectivity index (χ1n) is 5.99. The van der Waals surface area contributed by atoms with E-state index in [0.29, 0.717) is 13.2 Å². The van der Waals surface area contributed by atoms with Gasteiger partial charge in [-0.15, -0.1) is 5.10 Å². The SMILES string of the molecule is CCOc1ccccc1-n1nnnc1SCCOC. The molecule has 0 aliphatic rings. The van der Waals surface area contributed by atoms with Crippen LogP contribution in [0.2, 0.25) is 0 Å². The maximum atomic E-state index is 5.59. The van der Waals surface area contributed by atoms with Gasteiger partial charge in [-0.3, -0.25) is 0 Å². The molecule has 6 nitrogen and oxygen atoms in total. The zero-order chi connectivity index (χ0) is 13.5. The Morgan fingerprint density at radius 2 is 2.16 bits per heavy atom. The van der Waals surface area contributed by atoms with Crippen molar-refractivity contribution in [1.82, 2.24) is 20.2 Å². The summed E-state index contributed by atoms with van der Waals surface area (Å²) < 4.78 is 12.3. The Balaban J connectivity index is 2.24. The van der Waals surface area contributed by atoms with Crippen LogP contribution in [0, 0.1) is 0 Å². The monoisotopic (exact) mass is 280 g/mol. The van der Waals surface area contributed by atoms with Crippen LogP contribution in [0.5, 0.6) is 5.75 Å². The van der Waals surface area contributed by atoms with Crippen molar-refractivity contribution in [2.45, 2.75) is 12.1 Å². The number of ether oxygens (including phenoxy) is 2. The van der Waals surface area contributed by atoms with Crippen molar-refractivity contribution in [3.05, 3.63) is 24.3 Å². The van der Waals surface area contributed by atoms with E-state index in [9.17, 15) is 0 Å². The van der Waals surface area contributed by atoms with E-state index in [2.05, 4.69) is 15.5 Å². The molecule has 0 aliphatic carbocycles. The molecule has 0 bridgehead atoms. The number of hydrogen-bond acceptors (Lipinski definition) is 6. The van der Waals surface area contributed by atoms with E-state index in [1.165, 1.54) is 0 Å². The quantitative estimate of drug-likeness (QED) is 0.569. The summed E-state index contributed by atoms with van der Waals surface area (Å²) in [5.74, 6) is 1.57. The van der Waals surface area contributed by atoms with Gasteiger partial charge in [0, 0.05) is 12.9 Å². The second-order valence-electron chi connectivity index (χ2n) is 3.62. The minimum absolute atomic E-state index is 0.602. The lowest BCUT2D eigenvalue weighted by Crippen LogP contribution is -2.04.